The predicted molar refractivity (Wildman–Crippen MR) is 260 cm³/mol. The Balaban J connectivity index is -0.000000667. The van der Waals surface area contributed by atoms with E-state index < -0.39 is 0 Å². The first-order chi connectivity index (χ1) is 26.4. The lowest BCUT2D eigenvalue weighted by Gasteiger charge is -2.22. The van der Waals surface area contributed by atoms with Gasteiger partial charge >= 0.3 is 0 Å². The van der Waals surface area contributed by atoms with Crippen LogP contribution in [0.25, 0.3) is 0 Å². The lowest BCUT2D eigenvalue weighted by molar-refractivity contribution is 0.415. The second-order valence-electron chi connectivity index (χ2n) is 16.3. The van der Waals surface area contributed by atoms with E-state index in [0.717, 1.165) is 66.2 Å². The molecule has 0 spiro atoms. The second kappa shape index (κ2) is 33.5. The van der Waals surface area contributed by atoms with Crippen LogP contribution in [-0.2, 0) is 12.8 Å². The number of hydrogen-bond donors (Lipinski definition) is 1. The van der Waals surface area contributed by atoms with Crippen molar-refractivity contribution in [3.63, 3.8) is 0 Å². The molecule has 0 aliphatic heterocycles. The van der Waals surface area contributed by atoms with Gasteiger partial charge in [-0.3, -0.25) is 0 Å². The molecule has 1 heteroatoms. The van der Waals surface area contributed by atoms with E-state index in [1.54, 1.807) is 6.08 Å². The predicted octanol–water partition coefficient (Wildman–Crippen LogP) is 17.5. The lowest BCUT2D eigenvalue weighted by atomic mass is 9.83. The third-order valence-corrected chi connectivity index (χ3v) is 10.8. The minimum atomic E-state index is 0.351. The van der Waals surface area contributed by atoms with Gasteiger partial charge in [0.25, 0.3) is 0 Å². The summed E-state index contributed by atoms with van der Waals surface area (Å²) < 4.78 is 0. The maximum Gasteiger partial charge on any atom is 0.0482 e. The molecule has 0 amide bonds. The van der Waals surface area contributed by atoms with Crippen LogP contribution in [-0.4, -0.2) is 0 Å². The van der Waals surface area contributed by atoms with Crippen molar-refractivity contribution in [2.45, 2.75) is 154 Å². The van der Waals surface area contributed by atoms with Gasteiger partial charge in [-0.15, -0.1) is 19.7 Å². The Labute approximate surface area is 351 Å². The Morgan fingerprint density at radius 1 is 0.804 bits per heavy atom. The summed E-state index contributed by atoms with van der Waals surface area (Å²) in [7, 11) is 0. The van der Waals surface area contributed by atoms with Crippen molar-refractivity contribution < 1.29 is 0 Å². The Kier molecular flexibility index (Phi) is 34.0. The third-order valence-electron chi connectivity index (χ3n) is 10.8. The van der Waals surface area contributed by atoms with E-state index in [1.165, 1.54) is 47.9 Å². The van der Waals surface area contributed by atoms with Gasteiger partial charge in [0.05, 0.1) is 0 Å². The van der Waals surface area contributed by atoms with Crippen molar-refractivity contribution >= 4 is 0 Å². The number of nitrogens with one attached hydrogen (secondary N) is 1. The van der Waals surface area contributed by atoms with Crippen LogP contribution in [0, 0.1) is 35.0 Å². The molecule has 0 saturated heterocycles. The minimum absolute atomic E-state index is 0.351. The normalized spacial score (nSPS) is 16.2. The summed E-state index contributed by atoms with van der Waals surface area (Å²) in [6.07, 6.45) is 14.9. The highest BCUT2D eigenvalue weighted by molar-refractivity contribution is 5.33. The maximum atomic E-state index is 4.32. The molecule has 56 heavy (non-hydrogen) atoms. The quantitative estimate of drug-likeness (QED) is 0.149. The fourth-order valence-electron chi connectivity index (χ4n) is 6.58. The lowest BCUT2D eigenvalue weighted by Crippen LogP contribution is -2.15. The molecule has 316 valence electrons. The molecule has 2 aromatic carbocycles. The average Bonchev–Trinajstić information content (AvgIpc) is 3.44. The molecule has 0 aromatic heterocycles. The van der Waals surface area contributed by atoms with E-state index in [2.05, 4.69) is 150 Å². The van der Waals surface area contributed by atoms with Gasteiger partial charge in [-0.05, 0) is 124 Å². The van der Waals surface area contributed by atoms with Gasteiger partial charge in [0.1, 0.15) is 0 Å². The van der Waals surface area contributed by atoms with Crippen LogP contribution in [0.5, 0.6) is 0 Å². The molecule has 0 radical (unpaired) electrons. The molecule has 0 bridgehead atoms. The highest BCUT2D eigenvalue weighted by Crippen LogP contribution is 2.59. The molecule has 2 aliphatic carbocycles. The van der Waals surface area contributed by atoms with Crippen molar-refractivity contribution in [2.24, 2.45) is 35.0 Å². The van der Waals surface area contributed by atoms with E-state index >= 15 is 0 Å². The van der Waals surface area contributed by atoms with Crippen LogP contribution in [0.2, 0.25) is 0 Å². The van der Waals surface area contributed by atoms with E-state index in [1.807, 2.05) is 65.0 Å². The second-order valence-corrected chi connectivity index (χ2v) is 16.3. The monoisotopic (exact) mass is 766 g/mol. The third kappa shape index (κ3) is 25.6. The summed E-state index contributed by atoms with van der Waals surface area (Å²) in [4.78, 5) is 0. The number of fused-ring (bicyclic) bond motifs is 1. The summed E-state index contributed by atoms with van der Waals surface area (Å²) in [5, 5.41) is 3.26. The topological polar surface area (TPSA) is 12.0 Å². The molecule has 4 rings (SSSR count). The van der Waals surface area contributed by atoms with E-state index in [-0.39, 0.29) is 0 Å². The first-order valence-electron chi connectivity index (χ1n) is 21.7. The van der Waals surface area contributed by atoms with Crippen LogP contribution in [0.1, 0.15) is 158 Å². The molecule has 1 N–H and O–H groups in total. The molecular weight excluding hydrogens is 675 g/mol. The first-order valence-corrected chi connectivity index (χ1v) is 21.7. The summed E-state index contributed by atoms with van der Waals surface area (Å²) >= 11 is 0. The van der Waals surface area contributed by atoms with Gasteiger partial charge in [-0.1, -0.05) is 192 Å². The molecule has 4 unspecified atom stereocenters. The van der Waals surface area contributed by atoms with Crippen LogP contribution in [0.4, 0.5) is 0 Å². The van der Waals surface area contributed by atoms with Crippen molar-refractivity contribution in [3.05, 3.63) is 158 Å². The zero-order valence-corrected chi connectivity index (χ0v) is 39.5. The molecule has 4 atom stereocenters. The van der Waals surface area contributed by atoms with E-state index in [0.29, 0.717) is 17.4 Å². The van der Waals surface area contributed by atoms with E-state index in [4.69, 9.17) is 0 Å². The molecule has 0 heterocycles. The van der Waals surface area contributed by atoms with Crippen molar-refractivity contribution in [1.82, 2.24) is 5.32 Å². The Morgan fingerprint density at radius 2 is 1.25 bits per heavy atom. The molecule has 1 saturated carbocycles. The number of hydrogen-bond acceptors (Lipinski definition) is 1. The van der Waals surface area contributed by atoms with Crippen LogP contribution in [0.15, 0.2) is 141 Å². The van der Waals surface area contributed by atoms with Crippen molar-refractivity contribution in [1.29, 1.82) is 0 Å². The molecular formula is C55H91N. The van der Waals surface area contributed by atoms with Crippen molar-refractivity contribution in [3.8, 4) is 0 Å². The van der Waals surface area contributed by atoms with Gasteiger partial charge < -0.3 is 5.32 Å². The zero-order valence-electron chi connectivity index (χ0n) is 39.5. The Bertz CT molecular complexity index is 1340. The van der Waals surface area contributed by atoms with Crippen LogP contribution < -0.4 is 5.32 Å². The van der Waals surface area contributed by atoms with Gasteiger partial charge in [-0.2, -0.15) is 0 Å². The van der Waals surface area contributed by atoms with Gasteiger partial charge in [-0.25, -0.2) is 0 Å². The van der Waals surface area contributed by atoms with Crippen LogP contribution in [0.3, 0.4) is 0 Å². The van der Waals surface area contributed by atoms with Gasteiger partial charge in [0, 0.05) is 11.7 Å². The molecule has 1 fully saturated rings. The minimum Gasteiger partial charge on any atom is -0.383 e. The average molecular weight is 766 g/mol. The SMILES string of the molecule is C=C(C)C(=C)CCC(=C)C(C)C1Cc2ccccc2C1.C=C(C)NC(C)c1ccccc1.C=CC.C=CCC.C=CCCC(C)C.CC.CCC1C(C)C1(C)C. The number of allylic oxidation sites excluding steroid dienone is 7. The van der Waals surface area contributed by atoms with Gasteiger partial charge in [0.2, 0.25) is 0 Å². The number of benzene rings is 2. The highest BCUT2D eigenvalue weighted by atomic mass is 14.9. The maximum absolute atomic E-state index is 4.32. The van der Waals surface area contributed by atoms with Crippen LogP contribution >= 0.6 is 0 Å². The fraction of sp³-hybridized carbons (Fsp3) is 0.527. The standard InChI is InChI=1S/C20H26.C11H15N.C8H16.C7H14.C4H8.C3H6.C2H6/c1-14(2)15(3)10-11-16(4)17(5)20-12-18-8-6-7-9-19(18)13-20;1-9(2)12-10(3)11-7-5-4-6-8-11;1-5-7-6(2)8(7,3)4;1-4-5-6-7(2)3;1-3-4-2;1-3-2;1-2/h6-9,17,20H,1,3-4,10-13H2,2,5H3;4-8,10,12H,1H2,2-3H3;6-7H,5H2,1-4H3;4,7H,1,5-6H2,2-3H3;3H,1,4H2,2H3;3H,1H2,2H3;1-2H3. The Hall–Kier alpha value is -3.58. The molecule has 2 aliphatic rings. The van der Waals surface area contributed by atoms with Gasteiger partial charge in [0.15, 0.2) is 0 Å². The molecule has 1 nitrogen and oxygen atoms in total. The first kappa shape index (κ1) is 56.7. The van der Waals surface area contributed by atoms with Crippen molar-refractivity contribution in [2.75, 3.05) is 0 Å². The summed E-state index contributed by atoms with van der Waals surface area (Å²) in [5.74, 6) is 4.13. The summed E-state index contributed by atoms with van der Waals surface area (Å²) in [5.41, 5.74) is 9.66. The summed E-state index contributed by atoms with van der Waals surface area (Å²) in [6.45, 7) is 56.9. The fourth-order valence-corrected chi connectivity index (χ4v) is 6.58. The highest BCUT2D eigenvalue weighted by Gasteiger charge is 2.52. The zero-order chi connectivity index (χ0) is 43.9. The largest absolute Gasteiger partial charge is 0.383 e. The number of rotatable bonds is 14. The Morgan fingerprint density at radius 3 is 1.55 bits per heavy atom. The van der Waals surface area contributed by atoms with E-state index in [9.17, 15) is 0 Å². The summed E-state index contributed by atoms with van der Waals surface area (Å²) in [6, 6.07) is 19.5. The molecule has 2 aromatic rings. The smallest absolute Gasteiger partial charge is 0.0482 e.